The van der Waals surface area contributed by atoms with Crippen molar-refractivity contribution in [3.8, 4) is 16.9 Å². The summed E-state index contributed by atoms with van der Waals surface area (Å²) in [6, 6.07) is 19.4. The fourth-order valence-corrected chi connectivity index (χ4v) is 5.53. The predicted octanol–water partition coefficient (Wildman–Crippen LogP) is 3.37. The first-order valence-corrected chi connectivity index (χ1v) is 14.7. The SMILES string of the molecule is COc1cc(NC(=O)CCCc2ccc(-c3ccccc3)c(NC(=O)OC3CC[N+](C)(C)CC3)c2)c(Br)cc1CO.[I-]. The zero-order valence-corrected chi connectivity index (χ0v) is 28.0. The first-order valence-electron chi connectivity index (χ1n) is 13.9. The van der Waals surface area contributed by atoms with Crippen LogP contribution in [0.4, 0.5) is 16.2 Å². The topological polar surface area (TPSA) is 96.9 Å². The van der Waals surface area contributed by atoms with E-state index in [9.17, 15) is 14.7 Å². The van der Waals surface area contributed by atoms with Crippen LogP contribution in [0.5, 0.6) is 5.75 Å². The molecule has 8 nitrogen and oxygen atoms in total. The van der Waals surface area contributed by atoms with Crippen molar-refractivity contribution >= 4 is 39.3 Å². The number of hydrogen-bond acceptors (Lipinski definition) is 5. The van der Waals surface area contributed by atoms with Crippen LogP contribution in [0.25, 0.3) is 11.1 Å². The molecule has 0 spiro atoms. The Labute approximate surface area is 273 Å². The Kier molecular flexibility index (Phi) is 12.6. The van der Waals surface area contributed by atoms with Gasteiger partial charge in [0, 0.05) is 40.9 Å². The van der Waals surface area contributed by atoms with Crippen LogP contribution < -0.4 is 39.3 Å². The minimum Gasteiger partial charge on any atom is -1.00 e. The van der Waals surface area contributed by atoms with Gasteiger partial charge in [-0.1, -0.05) is 42.5 Å². The number of aliphatic hydroxyl groups excluding tert-OH is 1. The number of carbonyl (C=O) groups is 2. The summed E-state index contributed by atoms with van der Waals surface area (Å²) in [4.78, 5) is 25.6. The smallest absolute Gasteiger partial charge is 0.411 e. The number of halogens is 2. The molecule has 10 heteroatoms. The summed E-state index contributed by atoms with van der Waals surface area (Å²) >= 11 is 3.45. The number of aryl methyl sites for hydroxylation is 1. The molecule has 0 saturated carbocycles. The number of likely N-dealkylation sites (tertiary alicyclic amines) is 1. The van der Waals surface area contributed by atoms with Crippen molar-refractivity contribution in [3.05, 3.63) is 76.3 Å². The zero-order valence-electron chi connectivity index (χ0n) is 24.3. The highest BCUT2D eigenvalue weighted by Gasteiger charge is 2.28. The Morgan fingerprint density at radius 2 is 1.71 bits per heavy atom. The summed E-state index contributed by atoms with van der Waals surface area (Å²) in [7, 11) is 5.92. The number of benzene rings is 3. The molecule has 0 aromatic heterocycles. The summed E-state index contributed by atoms with van der Waals surface area (Å²) in [6.07, 6.45) is 2.78. The van der Waals surface area contributed by atoms with E-state index in [1.165, 1.54) is 7.11 Å². The maximum absolute atomic E-state index is 12.9. The normalized spacial score (nSPS) is 14.4. The molecule has 1 heterocycles. The van der Waals surface area contributed by atoms with Gasteiger partial charge in [-0.25, -0.2) is 4.79 Å². The van der Waals surface area contributed by atoms with Gasteiger partial charge in [-0.05, 0) is 52.0 Å². The van der Waals surface area contributed by atoms with Gasteiger partial charge in [-0.15, -0.1) is 0 Å². The molecular weight excluding hydrogens is 713 g/mol. The molecule has 3 aromatic rings. The maximum atomic E-state index is 12.9. The minimum atomic E-state index is -0.441. The fraction of sp³-hybridized carbons (Fsp3) is 0.375. The highest BCUT2D eigenvalue weighted by molar-refractivity contribution is 9.10. The van der Waals surface area contributed by atoms with E-state index in [4.69, 9.17) is 9.47 Å². The molecule has 0 atom stereocenters. The summed E-state index contributed by atoms with van der Waals surface area (Å²) in [5, 5.41) is 15.4. The number of anilines is 2. The standard InChI is InChI=1S/C32H38BrN3O5.HI/c1-36(2)16-14-25(15-17-36)41-32(39)35-28-18-22(12-13-26(28)23-9-5-4-6-10-23)8-7-11-31(38)34-29-20-30(40-3)24(21-37)19-27(29)33;/h4-6,9-10,12-13,18-20,25,37H,7-8,11,14-17,21H2,1-3H3,(H-,34,35,38,39);1H. The van der Waals surface area contributed by atoms with Gasteiger partial charge >= 0.3 is 6.09 Å². The zero-order chi connectivity index (χ0) is 29.4. The summed E-state index contributed by atoms with van der Waals surface area (Å²) in [5.41, 5.74) is 4.83. The predicted molar refractivity (Wildman–Crippen MR) is 165 cm³/mol. The Balaban J connectivity index is 0.00000484. The first kappa shape index (κ1) is 33.8. The molecular formula is C32H39BrIN3O5. The Hall–Kier alpha value is -2.67. The second-order valence-electron chi connectivity index (χ2n) is 11.1. The number of aliphatic hydroxyl groups is 1. The molecule has 226 valence electrons. The van der Waals surface area contributed by atoms with E-state index in [1.807, 2.05) is 48.5 Å². The quantitative estimate of drug-likeness (QED) is 0.218. The number of nitrogens with zero attached hydrogens (tertiary/aromatic N) is 1. The summed E-state index contributed by atoms with van der Waals surface area (Å²) in [5.74, 6) is 0.385. The van der Waals surface area contributed by atoms with Gasteiger partial charge in [0.05, 0.1) is 52.3 Å². The van der Waals surface area contributed by atoms with Crippen LogP contribution in [0.3, 0.4) is 0 Å². The van der Waals surface area contributed by atoms with Crippen molar-refractivity contribution in [3.63, 3.8) is 0 Å². The molecule has 2 amide bonds. The molecule has 0 aliphatic carbocycles. The van der Waals surface area contributed by atoms with Crippen molar-refractivity contribution in [2.24, 2.45) is 0 Å². The van der Waals surface area contributed by atoms with Gasteiger partial charge in [-0.2, -0.15) is 0 Å². The molecule has 0 unspecified atom stereocenters. The molecule has 4 rings (SSSR count). The van der Waals surface area contributed by atoms with Gasteiger partial charge < -0.3 is 48.4 Å². The highest BCUT2D eigenvalue weighted by atomic mass is 127. The molecule has 3 aromatic carbocycles. The average Bonchev–Trinajstić information content (AvgIpc) is 2.95. The molecule has 1 aliphatic heterocycles. The molecule has 1 aliphatic rings. The number of rotatable bonds is 10. The minimum absolute atomic E-state index is 0. The number of piperidine rings is 1. The van der Waals surface area contributed by atoms with Crippen LogP contribution in [0.15, 0.2) is 65.1 Å². The molecule has 1 saturated heterocycles. The molecule has 0 bridgehead atoms. The lowest BCUT2D eigenvalue weighted by atomic mass is 9.99. The van der Waals surface area contributed by atoms with Crippen molar-refractivity contribution in [1.82, 2.24) is 0 Å². The van der Waals surface area contributed by atoms with E-state index in [0.717, 1.165) is 47.1 Å². The first-order chi connectivity index (χ1) is 19.7. The highest BCUT2D eigenvalue weighted by Crippen LogP contribution is 2.32. The van der Waals surface area contributed by atoms with Crippen LogP contribution >= 0.6 is 15.9 Å². The number of carbonyl (C=O) groups excluding carboxylic acids is 2. The summed E-state index contributed by atoms with van der Waals surface area (Å²) in [6.45, 7) is 1.80. The number of ether oxygens (including phenoxy) is 2. The van der Waals surface area contributed by atoms with Crippen molar-refractivity contribution < 1.29 is 52.6 Å². The lowest BCUT2D eigenvalue weighted by Crippen LogP contribution is -3.00. The fourth-order valence-electron chi connectivity index (χ4n) is 5.04. The van der Waals surface area contributed by atoms with E-state index in [-0.39, 0.29) is 42.6 Å². The molecule has 3 N–H and O–H groups in total. The summed E-state index contributed by atoms with van der Waals surface area (Å²) < 4.78 is 12.7. The second-order valence-corrected chi connectivity index (χ2v) is 11.9. The van der Waals surface area contributed by atoms with Gasteiger partial charge in [0.2, 0.25) is 5.91 Å². The van der Waals surface area contributed by atoms with Crippen molar-refractivity contribution in [2.75, 3.05) is 44.9 Å². The lowest BCUT2D eigenvalue weighted by Gasteiger charge is -2.36. The molecule has 0 radical (unpaired) electrons. The third-order valence-electron chi connectivity index (χ3n) is 7.48. The van der Waals surface area contributed by atoms with E-state index in [0.29, 0.717) is 46.4 Å². The van der Waals surface area contributed by atoms with E-state index >= 15 is 0 Å². The Bertz CT molecular complexity index is 1360. The van der Waals surface area contributed by atoms with Crippen LogP contribution in [0, 0.1) is 0 Å². The van der Waals surface area contributed by atoms with Crippen LogP contribution in [0.2, 0.25) is 0 Å². The van der Waals surface area contributed by atoms with E-state index in [2.05, 4.69) is 40.7 Å². The van der Waals surface area contributed by atoms with Gasteiger partial charge in [0.15, 0.2) is 0 Å². The number of nitrogens with one attached hydrogen (secondary N) is 2. The monoisotopic (exact) mass is 751 g/mol. The number of hydrogen-bond donors (Lipinski definition) is 3. The number of methoxy groups -OCH3 is 1. The lowest BCUT2D eigenvalue weighted by molar-refractivity contribution is -0.896. The largest absolute Gasteiger partial charge is 1.00 e. The number of amides is 2. The molecule has 42 heavy (non-hydrogen) atoms. The maximum Gasteiger partial charge on any atom is 0.411 e. The van der Waals surface area contributed by atoms with E-state index in [1.54, 1.807) is 12.1 Å². The average molecular weight is 752 g/mol. The van der Waals surface area contributed by atoms with Gasteiger partial charge in [0.1, 0.15) is 11.9 Å². The van der Waals surface area contributed by atoms with Crippen LogP contribution in [0.1, 0.15) is 36.8 Å². The molecule has 1 fully saturated rings. The Morgan fingerprint density at radius 3 is 2.38 bits per heavy atom. The van der Waals surface area contributed by atoms with Crippen molar-refractivity contribution in [2.45, 2.75) is 44.8 Å². The second kappa shape index (κ2) is 15.7. The number of quaternary nitrogens is 1. The van der Waals surface area contributed by atoms with Crippen LogP contribution in [-0.4, -0.2) is 62.0 Å². The third-order valence-corrected chi connectivity index (χ3v) is 8.13. The van der Waals surface area contributed by atoms with E-state index < -0.39 is 6.09 Å². The van der Waals surface area contributed by atoms with Gasteiger partial charge in [0.25, 0.3) is 0 Å². The van der Waals surface area contributed by atoms with Crippen LogP contribution in [-0.2, 0) is 22.6 Å². The van der Waals surface area contributed by atoms with Gasteiger partial charge in [-0.3, -0.25) is 10.1 Å². The third kappa shape index (κ3) is 9.42. The Morgan fingerprint density at radius 1 is 1.00 bits per heavy atom. The van der Waals surface area contributed by atoms with Crippen molar-refractivity contribution in [1.29, 1.82) is 0 Å².